The fourth-order valence-corrected chi connectivity index (χ4v) is 5.36. The number of hydrogen-bond acceptors (Lipinski definition) is 6. The first-order chi connectivity index (χ1) is 17.7. The van der Waals surface area contributed by atoms with Crippen LogP contribution < -0.4 is 15.8 Å². The molecule has 0 bridgehead atoms. The fraction of sp³-hybridized carbons (Fsp3) is 0.581. The van der Waals surface area contributed by atoms with Gasteiger partial charge in [-0.2, -0.15) is 0 Å². The Labute approximate surface area is 229 Å². The number of amides is 1. The third-order valence-electron chi connectivity index (χ3n) is 8.03. The van der Waals surface area contributed by atoms with Crippen molar-refractivity contribution >= 4 is 17.3 Å². The minimum absolute atomic E-state index is 0.00314. The van der Waals surface area contributed by atoms with E-state index in [1.165, 1.54) is 5.56 Å². The molecule has 0 saturated carbocycles. The molecule has 2 aromatic carbocycles. The summed E-state index contributed by atoms with van der Waals surface area (Å²) in [6.45, 7) is 17.8. The summed E-state index contributed by atoms with van der Waals surface area (Å²) >= 11 is 0. The number of likely N-dealkylation sites (N-methyl/N-ethyl adjacent to an activating group) is 1. The number of likely N-dealkylation sites (tertiary alicyclic amines) is 1. The summed E-state index contributed by atoms with van der Waals surface area (Å²) in [5, 5.41) is 13.8. The molecule has 1 atom stereocenters. The number of carbonyl (C=O) groups excluding carboxylic acids is 1. The van der Waals surface area contributed by atoms with Crippen molar-refractivity contribution in [3.05, 3.63) is 52.6 Å². The number of nitrogen functional groups attached to an aromatic ring is 1. The monoisotopic (exact) mass is 524 g/mol. The summed E-state index contributed by atoms with van der Waals surface area (Å²) in [7, 11) is 1.88. The van der Waals surface area contributed by atoms with Crippen LogP contribution in [-0.4, -0.2) is 65.4 Å². The number of nitrogens with one attached hydrogen (secondary N) is 1. The molecular weight excluding hydrogens is 476 g/mol. The summed E-state index contributed by atoms with van der Waals surface area (Å²) in [4.78, 5) is 17.7. The number of aliphatic hydroxyl groups excluding tert-OH is 1. The Morgan fingerprint density at radius 2 is 1.74 bits per heavy atom. The predicted octanol–water partition coefficient (Wildman–Crippen LogP) is 5.00. The lowest BCUT2D eigenvalue weighted by molar-refractivity contribution is -0.147. The number of aliphatic hydroxyl groups is 1. The SMILES string of the molecule is Cc1cc(OC(C)(C)C(=O)N(C)C2CCN(C(CO)Nc3ccccc3C(C)(C)C)CC2)c(C)c(C)c1N. The first kappa shape index (κ1) is 29.8. The van der Waals surface area contributed by atoms with Crippen LogP contribution >= 0.6 is 0 Å². The number of nitrogens with two attached hydrogens (primary N) is 1. The summed E-state index contributed by atoms with van der Waals surface area (Å²) < 4.78 is 6.30. The van der Waals surface area contributed by atoms with Gasteiger partial charge in [0.25, 0.3) is 5.91 Å². The van der Waals surface area contributed by atoms with Crippen molar-refractivity contribution in [3.63, 3.8) is 0 Å². The zero-order valence-electron chi connectivity index (χ0n) is 24.8. The van der Waals surface area contributed by atoms with E-state index in [1.807, 2.05) is 58.7 Å². The highest BCUT2D eigenvalue weighted by Crippen LogP contribution is 2.33. The van der Waals surface area contributed by atoms with Crippen molar-refractivity contribution in [1.29, 1.82) is 0 Å². The summed E-state index contributed by atoms with van der Waals surface area (Å²) in [5.74, 6) is 0.654. The van der Waals surface area contributed by atoms with Crippen molar-refractivity contribution in [2.45, 2.75) is 91.5 Å². The molecule has 0 aromatic heterocycles. The van der Waals surface area contributed by atoms with E-state index in [1.54, 1.807) is 0 Å². The normalized spacial score (nSPS) is 16.3. The molecule has 210 valence electrons. The molecule has 0 aliphatic carbocycles. The molecule has 3 rings (SSSR count). The van der Waals surface area contributed by atoms with Crippen LogP contribution in [0.5, 0.6) is 5.75 Å². The van der Waals surface area contributed by atoms with E-state index in [4.69, 9.17) is 10.5 Å². The molecule has 1 aliphatic heterocycles. The maximum Gasteiger partial charge on any atom is 0.266 e. The number of nitrogens with zero attached hydrogens (tertiary/aromatic N) is 2. The van der Waals surface area contributed by atoms with Crippen molar-refractivity contribution in [2.24, 2.45) is 0 Å². The van der Waals surface area contributed by atoms with Crippen molar-refractivity contribution in [1.82, 2.24) is 9.80 Å². The average molecular weight is 525 g/mol. The van der Waals surface area contributed by atoms with Crippen LogP contribution in [0.25, 0.3) is 0 Å². The Morgan fingerprint density at radius 1 is 1.13 bits per heavy atom. The first-order valence-corrected chi connectivity index (χ1v) is 13.7. The molecule has 1 unspecified atom stereocenters. The van der Waals surface area contributed by atoms with Crippen molar-refractivity contribution in [2.75, 3.05) is 37.8 Å². The number of rotatable bonds is 8. The second-order valence-electron chi connectivity index (χ2n) is 12.3. The number of para-hydroxylation sites is 1. The van der Waals surface area contributed by atoms with E-state index >= 15 is 0 Å². The summed E-state index contributed by atoms with van der Waals surface area (Å²) in [6, 6.07) is 10.3. The van der Waals surface area contributed by atoms with Crippen LogP contribution in [-0.2, 0) is 10.2 Å². The lowest BCUT2D eigenvalue weighted by atomic mass is 9.86. The molecule has 1 fully saturated rings. The zero-order valence-corrected chi connectivity index (χ0v) is 24.8. The highest BCUT2D eigenvalue weighted by atomic mass is 16.5. The van der Waals surface area contributed by atoms with Gasteiger partial charge in [0, 0.05) is 37.6 Å². The molecule has 7 heteroatoms. The molecule has 0 spiro atoms. The molecule has 38 heavy (non-hydrogen) atoms. The van der Waals surface area contributed by atoms with Gasteiger partial charge in [-0.25, -0.2) is 0 Å². The number of aryl methyl sites for hydroxylation is 1. The maximum absolute atomic E-state index is 13.6. The van der Waals surface area contributed by atoms with Crippen LogP contribution in [0.4, 0.5) is 11.4 Å². The molecule has 0 radical (unpaired) electrons. The van der Waals surface area contributed by atoms with Crippen molar-refractivity contribution in [3.8, 4) is 5.75 Å². The molecule has 1 heterocycles. The minimum atomic E-state index is -1.02. The van der Waals surface area contributed by atoms with E-state index in [2.05, 4.69) is 49.2 Å². The molecule has 4 N–H and O–H groups in total. The molecule has 1 aliphatic rings. The number of benzene rings is 2. The van der Waals surface area contributed by atoms with Crippen LogP contribution in [0.2, 0.25) is 0 Å². The number of anilines is 2. The highest BCUT2D eigenvalue weighted by molar-refractivity contribution is 5.85. The maximum atomic E-state index is 13.6. The van der Waals surface area contributed by atoms with E-state index < -0.39 is 5.60 Å². The van der Waals surface area contributed by atoms with Gasteiger partial charge in [-0.1, -0.05) is 39.0 Å². The van der Waals surface area contributed by atoms with Gasteiger partial charge in [0.1, 0.15) is 11.9 Å². The van der Waals surface area contributed by atoms with Gasteiger partial charge < -0.3 is 25.8 Å². The summed E-state index contributed by atoms with van der Waals surface area (Å²) in [5.41, 5.74) is 11.1. The lowest BCUT2D eigenvalue weighted by Crippen LogP contribution is -2.55. The summed E-state index contributed by atoms with van der Waals surface area (Å²) in [6.07, 6.45) is 1.48. The highest BCUT2D eigenvalue weighted by Gasteiger charge is 2.38. The van der Waals surface area contributed by atoms with Gasteiger partial charge in [-0.3, -0.25) is 9.69 Å². The van der Waals surface area contributed by atoms with Gasteiger partial charge in [0.2, 0.25) is 0 Å². The number of ether oxygens (including phenoxy) is 1. The van der Waals surface area contributed by atoms with Crippen LogP contribution in [0.1, 0.15) is 69.7 Å². The van der Waals surface area contributed by atoms with Gasteiger partial charge in [-0.15, -0.1) is 0 Å². The predicted molar refractivity (Wildman–Crippen MR) is 157 cm³/mol. The Kier molecular flexibility index (Phi) is 9.04. The average Bonchev–Trinajstić information content (AvgIpc) is 2.88. The van der Waals surface area contributed by atoms with Crippen LogP contribution in [0.3, 0.4) is 0 Å². The smallest absolute Gasteiger partial charge is 0.266 e. The van der Waals surface area contributed by atoms with Crippen LogP contribution in [0.15, 0.2) is 30.3 Å². The third-order valence-corrected chi connectivity index (χ3v) is 8.03. The first-order valence-electron chi connectivity index (χ1n) is 13.7. The second-order valence-corrected chi connectivity index (χ2v) is 12.3. The Hall–Kier alpha value is -2.77. The molecular formula is C31H48N4O3. The second kappa shape index (κ2) is 11.5. The number of hydrogen-bond donors (Lipinski definition) is 3. The van der Waals surface area contributed by atoms with Gasteiger partial charge in [0.05, 0.1) is 6.61 Å². The Balaban J connectivity index is 1.65. The standard InChI is InChI=1S/C31H48N4O3/c1-20-18-26(21(2)22(3)28(20)32)38-31(7,8)29(37)34(9)23-14-16-35(17-15-23)27(19-36)33-25-13-11-10-12-24(25)30(4,5)6/h10-13,18,23,27,33,36H,14-17,19,32H2,1-9H3. The van der Waals surface area contributed by atoms with Gasteiger partial charge in [-0.05, 0) is 87.3 Å². The fourth-order valence-electron chi connectivity index (χ4n) is 5.36. The van der Waals surface area contributed by atoms with Crippen molar-refractivity contribution < 1.29 is 14.6 Å². The largest absolute Gasteiger partial charge is 0.478 e. The van der Waals surface area contributed by atoms with E-state index in [9.17, 15) is 9.90 Å². The van der Waals surface area contributed by atoms with E-state index in [0.717, 1.165) is 54.0 Å². The molecule has 7 nitrogen and oxygen atoms in total. The topological polar surface area (TPSA) is 91.1 Å². The van der Waals surface area contributed by atoms with E-state index in [0.29, 0.717) is 5.75 Å². The third kappa shape index (κ3) is 6.44. The van der Waals surface area contributed by atoms with Crippen LogP contribution in [0, 0.1) is 20.8 Å². The van der Waals surface area contributed by atoms with Gasteiger partial charge in [0.15, 0.2) is 5.60 Å². The molecule has 2 aromatic rings. The Morgan fingerprint density at radius 3 is 2.32 bits per heavy atom. The number of carbonyl (C=O) groups is 1. The quantitative estimate of drug-likeness (QED) is 0.421. The minimum Gasteiger partial charge on any atom is -0.478 e. The lowest BCUT2D eigenvalue weighted by Gasteiger charge is -2.42. The van der Waals surface area contributed by atoms with E-state index in [-0.39, 0.29) is 30.1 Å². The molecule has 1 saturated heterocycles. The zero-order chi connectivity index (χ0) is 28.4. The Bertz CT molecular complexity index is 1130. The number of piperidine rings is 1. The molecule has 1 amide bonds. The van der Waals surface area contributed by atoms with Gasteiger partial charge >= 0.3 is 0 Å².